The predicted molar refractivity (Wildman–Crippen MR) is 134 cm³/mol. The van der Waals surface area contributed by atoms with Crippen molar-refractivity contribution in [2.75, 3.05) is 26.9 Å². The Labute approximate surface area is 207 Å². The Morgan fingerprint density at radius 3 is 2.49 bits per heavy atom. The standard InChI is InChI=1S/C28H35NO6/c1-18(2)17-34-21-11-8-10-20(16-21)26(30)24-25(22-12-6-7-13-23(22)35-19(3)4)29(14-9-15-33-5)28(32)27(24)31/h6-8,10-13,16,18-19,25,30H,9,14-15,17H2,1-5H3/b26-24-. The number of ether oxygens (including phenoxy) is 3. The van der Waals surface area contributed by atoms with Gasteiger partial charge in [-0.25, -0.2) is 0 Å². The van der Waals surface area contributed by atoms with Crippen LogP contribution in [0.3, 0.4) is 0 Å². The second-order valence-corrected chi connectivity index (χ2v) is 9.28. The highest BCUT2D eigenvalue weighted by atomic mass is 16.5. The van der Waals surface area contributed by atoms with Crippen molar-refractivity contribution in [3.05, 3.63) is 65.2 Å². The van der Waals surface area contributed by atoms with E-state index in [1.807, 2.05) is 52.0 Å². The van der Waals surface area contributed by atoms with Crippen LogP contribution in [-0.4, -0.2) is 54.7 Å². The Hall–Kier alpha value is -3.32. The zero-order valence-corrected chi connectivity index (χ0v) is 21.1. The Morgan fingerprint density at radius 1 is 1.06 bits per heavy atom. The number of hydrogen-bond acceptors (Lipinski definition) is 6. The lowest BCUT2D eigenvalue weighted by atomic mass is 9.94. The highest BCUT2D eigenvalue weighted by Gasteiger charge is 2.46. The number of carbonyl (C=O) groups excluding carboxylic acids is 2. The maximum atomic E-state index is 13.3. The minimum absolute atomic E-state index is 0.0354. The van der Waals surface area contributed by atoms with Gasteiger partial charge >= 0.3 is 0 Å². The zero-order chi connectivity index (χ0) is 25.5. The van der Waals surface area contributed by atoms with Gasteiger partial charge in [-0.1, -0.05) is 44.2 Å². The normalized spacial score (nSPS) is 17.5. The van der Waals surface area contributed by atoms with Gasteiger partial charge in [0.15, 0.2) is 0 Å². The number of para-hydroxylation sites is 1. The number of nitrogens with zero attached hydrogens (tertiary/aromatic N) is 1. The van der Waals surface area contributed by atoms with E-state index in [0.29, 0.717) is 54.7 Å². The Morgan fingerprint density at radius 2 is 1.80 bits per heavy atom. The minimum atomic E-state index is -0.790. The van der Waals surface area contributed by atoms with Crippen molar-refractivity contribution in [1.29, 1.82) is 0 Å². The summed E-state index contributed by atoms with van der Waals surface area (Å²) in [6.45, 7) is 9.18. The molecule has 1 saturated heterocycles. The van der Waals surface area contributed by atoms with Crippen LogP contribution in [0.15, 0.2) is 54.1 Å². The first-order chi connectivity index (χ1) is 16.7. The SMILES string of the molecule is COCCCN1C(=O)C(=O)/C(=C(\O)c2cccc(OCC(C)C)c2)C1c1ccccc1OC(C)C. The van der Waals surface area contributed by atoms with Gasteiger partial charge < -0.3 is 24.2 Å². The van der Waals surface area contributed by atoms with Crippen LogP contribution >= 0.6 is 0 Å². The van der Waals surface area contributed by atoms with E-state index < -0.39 is 17.7 Å². The van der Waals surface area contributed by atoms with Crippen LogP contribution in [-0.2, 0) is 14.3 Å². The molecule has 2 aromatic rings. The number of likely N-dealkylation sites (tertiary alicyclic amines) is 1. The van der Waals surface area contributed by atoms with Crippen LogP contribution in [0.2, 0.25) is 0 Å². The van der Waals surface area contributed by atoms with Crippen LogP contribution in [0.1, 0.15) is 51.3 Å². The van der Waals surface area contributed by atoms with E-state index in [1.165, 1.54) is 4.90 Å². The number of Topliss-reactive ketones (excluding diaryl/α,β-unsaturated/α-hetero) is 1. The molecule has 1 aliphatic rings. The minimum Gasteiger partial charge on any atom is -0.507 e. The van der Waals surface area contributed by atoms with Gasteiger partial charge in [0.1, 0.15) is 17.3 Å². The third-order valence-electron chi connectivity index (χ3n) is 5.55. The van der Waals surface area contributed by atoms with Gasteiger partial charge in [-0.3, -0.25) is 9.59 Å². The Balaban J connectivity index is 2.12. The molecule has 0 saturated carbocycles. The highest BCUT2D eigenvalue weighted by molar-refractivity contribution is 6.46. The zero-order valence-electron chi connectivity index (χ0n) is 21.1. The van der Waals surface area contributed by atoms with Crippen molar-refractivity contribution in [1.82, 2.24) is 4.90 Å². The summed E-state index contributed by atoms with van der Waals surface area (Å²) < 4.78 is 17.0. The first-order valence-electron chi connectivity index (χ1n) is 12.0. The number of ketones is 1. The van der Waals surface area contributed by atoms with Crippen LogP contribution in [0.4, 0.5) is 0 Å². The van der Waals surface area contributed by atoms with Crippen LogP contribution in [0.5, 0.6) is 11.5 Å². The van der Waals surface area contributed by atoms with Crippen LogP contribution in [0.25, 0.3) is 5.76 Å². The molecular weight excluding hydrogens is 446 g/mol. The summed E-state index contributed by atoms with van der Waals surface area (Å²) in [7, 11) is 1.59. The molecule has 1 aliphatic heterocycles. The maximum Gasteiger partial charge on any atom is 0.295 e. The molecule has 0 aromatic heterocycles. The molecule has 188 valence electrons. The fourth-order valence-corrected chi connectivity index (χ4v) is 4.03. The smallest absolute Gasteiger partial charge is 0.295 e. The van der Waals surface area contributed by atoms with Crippen molar-refractivity contribution in [2.24, 2.45) is 5.92 Å². The summed E-state index contributed by atoms with van der Waals surface area (Å²) in [6, 6.07) is 13.5. The van der Waals surface area contributed by atoms with Gasteiger partial charge in [-0.2, -0.15) is 0 Å². The molecule has 7 heteroatoms. The topological polar surface area (TPSA) is 85.3 Å². The fraction of sp³-hybridized carbons (Fsp3) is 0.429. The second kappa shape index (κ2) is 11.9. The molecule has 1 atom stereocenters. The number of hydrogen-bond donors (Lipinski definition) is 1. The average molecular weight is 482 g/mol. The Bertz CT molecular complexity index is 1070. The summed E-state index contributed by atoms with van der Waals surface area (Å²) in [5.74, 6) is -0.140. The van der Waals surface area contributed by atoms with E-state index in [0.717, 1.165) is 0 Å². The number of methoxy groups -OCH3 is 1. The number of rotatable bonds is 11. The molecule has 1 N–H and O–H groups in total. The third kappa shape index (κ3) is 6.22. The van der Waals surface area contributed by atoms with Gasteiger partial charge in [0.05, 0.1) is 24.3 Å². The van der Waals surface area contributed by atoms with Crippen molar-refractivity contribution in [3.63, 3.8) is 0 Å². The summed E-state index contributed by atoms with van der Waals surface area (Å²) in [6.07, 6.45) is 0.438. The largest absolute Gasteiger partial charge is 0.507 e. The molecule has 1 amide bonds. The molecule has 0 radical (unpaired) electrons. The van der Waals surface area contributed by atoms with Gasteiger partial charge in [0.2, 0.25) is 0 Å². The van der Waals surface area contributed by atoms with E-state index in [1.54, 1.807) is 31.4 Å². The summed E-state index contributed by atoms with van der Waals surface area (Å²) in [5, 5.41) is 11.4. The van der Waals surface area contributed by atoms with Gasteiger partial charge in [0.25, 0.3) is 11.7 Å². The van der Waals surface area contributed by atoms with E-state index >= 15 is 0 Å². The predicted octanol–water partition coefficient (Wildman–Crippen LogP) is 4.97. The first kappa shape index (κ1) is 26.3. The van der Waals surface area contributed by atoms with Crippen LogP contribution < -0.4 is 9.47 Å². The molecule has 7 nitrogen and oxygen atoms in total. The molecule has 3 rings (SSSR count). The summed E-state index contributed by atoms with van der Waals surface area (Å²) in [4.78, 5) is 27.9. The molecular formula is C28H35NO6. The lowest BCUT2D eigenvalue weighted by Gasteiger charge is -2.27. The number of aliphatic hydroxyl groups excluding tert-OH is 1. The molecule has 1 unspecified atom stereocenters. The fourth-order valence-electron chi connectivity index (χ4n) is 4.03. The van der Waals surface area contributed by atoms with Crippen molar-refractivity contribution >= 4 is 17.4 Å². The number of benzene rings is 2. The molecule has 0 aliphatic carbocycles. The van der Waals surface area contributed by atoms with E-state index in [9.17, 15) is 14.7 Å². The van der Waals surface area contributed by atoms with Crippen LogP contribution in [0, 0.1) is 5.92 Å². The maximum absolute atomic E-state index is 13.3. The van der Waals surface area contributed by atoms with Gasteiger partial charge in [0, 0.05) is 31.4 Å². The summed E-state index contributed by atoms with van der Waals surface area (Å²) >= 11 is 0. The average Bonchev–Trinajstić information content (AvgIpc) is 3.07. The third-order valence-corrected chi connectivity index (χ3v) is 5.55. The lowest BCUT2D eigenvalue weighted by molar-refractivity contribution is -0.140. The van der Waals surface area contributed by atoms with Gasteiger partial charge in [-0.15, -0.1) is 0 Å². The molecule has 1 fully saturated rings. The second-order valence-electron chi connectivity index (χ2n) is 9.28. The van der Waals surface area contributed by atoms with Gasteiger partial charge in [-0.05, 0) is 44.4 Å². The van der Waals surface area contributed by atoms with E-state index in [4.69, 9.17) is 14.2 Å². The highest BCUT2D eigenvalue weighted by Crippen LogP contribution is 2.43. The molecule has 0 spiro atoms. The van der Waals surface area contributed by atoms with Crippen molar-refractivity contribution in [2.45, 2.75) is 46.3 Å². The number of amides is 1. The summed E-state index contributed by atoms with van der Waals surface area (Å²) in [5.41, 5.74) is 1.09. The lowest BCUT2D eigenvalue weighted by Crippen LogP contribution is -2.31. The number of aliphatic hydroxyl groups is 1. The first-order valence-corrected chi connectivity index (χ1v) is 12.0. The quantitative estimate of drug-likeness (QED) is 0.211. The molecule has 2 aromatic carbocycles. The monoisotopic (exact) mass is 481 g/mol. The number of carbonyl (C=O) groups is 2. The Kier molecular flexibility index (Phi) is 8.93. The molecule has 1 heterocycles. The molecule has 35 heavy (non-hydrogen) atoms. The molecule has 0 bridgehead atoms. The van der Waals surface area contributed by atoms with Crippen molar-refractivity contribution in [3.8, 4) is 11.5 Å². The van der Waals surface area contributed by atoms with E-state index in [2.05, 4.69) is 0 Å². The van der Waals surface area contributed by atoms with Crippen molar-refractivity contribution < 1.29 is 28.9 Å². The van der Waals surface area contributed by atoms with E-state index in [-0.39, 0.29) is 17.4 Å².